The molecule has 0 aliphatic rings. The first kappa shape index (κ1) is 18.9. The molecule has 2 heterocycles. The van der Waals surface area contributed by atoms with Crippen LogP contribution in [0.15, 0.2) is 59.2 Å². The molecular weight excluding hydrogens is 376 g/mol. The van der Waals surface area contributed by atoms with Crippen LogP contribution in [0.5, 0.6) is 5.75 Å². The van der Waals surface area contributed by atoms with Crippen LogP contribution in [-0.4, -0.2) is 15.5 Å². The molecule has 0 spiro atoms. The van der Waals surface area contributed by atoms with Gasteiger partial charge in [0.2, 0.25) is 0 Å². The lowest BCUT2D eigenvalue weighted by atomic mass is 10.00. The van der Waals surface area contributed by atoms with Crippen molar-refractivity contribution in [3.8, 4) is 5.75 Å². The second-order valence-corrected chi connectivity index (χ2v) is 6.99. The number of aromatic hydroxyl groups is 1. The summed E-state index contributed by atoms with van der Waals surface area (Å²) in [5.41, 5.74) is 2.15. The summed E-state index contributed by atoms with van der Waals surface area (Å²) in [6.07, 6.45) is 1.70. The van der Waals surface area contributed by atoms with E-state index >= 15 is 0 Å². The second kappa shape index (κ2) is 7.54. The molecule has 1 N–H and O–H groups in total. The molecule has 0 radical (unpaired) electrons. The molecule has 0 amide bonds. The molecule has 0 aliphatic heterocycles. The number of halogens is 2. The fourth-order valence-electron chi connectivity index (χ4n) is 3.69. The highest BCUT2D eigenvalue weighted by atomic mass is 19.1. The summed E-state index contributed by atoms with van der Waals surface area (Å²) < 4.78 is 34.7. The van der Waals surface area contributed by atoms with Gasteiger partial charge in [0.1, 0.15) is 23.1 Å². The van der Waals surface area contributed by atoms with Gasteiger partial charge >= 0.3 is 0 Å². The highest BCUT2D eigenvalue weighted by molar-refractivity contribution is 6.09. The van der Waals surface area contributed by atoms with Crippen LogP contribution >= 0.6 is 0 Å². The summed E-state index contributed by atoms with van der Waals surface area (Å²) in [7, 11) is 0. The number of hydrogen-bond acceptors (Lipinski definition) is 3. The number of carbonyl (C=O) groups is 1. The fourth-order valence-corrected chi connectivity index (χ4v) is 3.69. The molecule has 2 aromatic carbocycles. The van der Waals surface area contributed by atoms with E-state index < -0.39 is 11.6 Å². The van der Waals surface area contributed by atoms with Gasteiger partial charge in [0.25, 0.3) is 0 Å². The van der Waals surface area contributed by atoms with Crippen molar-refractivity contribution >= 4 is 16.7 Å². The minimum Gasteiger partial charge on any atom is -0.508 e. The molecule has 0 fully saturated rings. The van der Waals surface area contributed by atoms with E-state index in [0.717, 1.165) is 35.2 Å². The van der Waals surface area contributed by atoms with Gasteiger partial charge in [0.15, 0.2) is 5.78 Å². The minimum absolute atomic E-state index is 0.0245. The van der Waals surface area contributed by atoms with E-state index in [2.05, 4.69) is 0 Å². The average Bonchev–Trinajstić information content (AvgIpc) is 3.29. The number of fused-ring (bicyclic) bond motifs is 1. The first-order valence-corrected chi connectivity index (χ1v) is 9.25. The Morgan fingerprint density at radius 2 is 1.97 bits per heavy atom. The Morgan fingerprint density at radius 3 is 2.72 bits per heavy atom. The summed E-state index contributed by atoms with van der Waals surface area (Å²) in [6, 6.07) is 11.7. The SMILES string of the molecule is Cc1c(C(=O)CCc2cc(F)ccc2F)c2cc(O)ccc2n1Cc1ccco1. The number of aromatic nitrogens is 1. The van der Waals surface area contributed by atoms with Crippen molar-refractivity contribution in [2.24, 2.45) is 0 Å². The zero-order chi connectivity index (χ0) is 20.5. The number of aryl methyl sites for hydroxylation is 1. The van der Waals surface area contributed by atoms with Gasteiger partial charge in [-0.2, -0.15) is 0 Å². The van der Waals surface area contributed by atoms with Gasteiger partial charge in [-0.05, 0) is 67.4 Å². The molecule has 0 atom stereocenters. The number of rotatable bonds is 6. The lowest BCUT2D eigenvalue weighted by Gasteiger charge is -2.07. The van der Waals surface area contributed by atoms with Crippen LogP contribution in [0.2, 0.25) is 0 Å². The third-order valence-corrected chi connectivity index (χ3v) is 5.11. The quantitative estimate of drug-likeness (QED) is 0.445. The lowest BCUT2D eigenvalue weighted by molar-refractivity contribution is 0.0983. The van der Waals surface area contributed by atoms with Crippen LogP contribution in [0, 0.1) is 18.6 Å². The first-order chi connectivity index (χ1) is 13.9. The zero-order valence-electron chi connectivity index (χ0n) is 15.8. The largest absolute Gasteiger partial charge is 0.508 e. The Bertz CT molecular complexity index is 1190. The van der Waals surface area contributed by atoms with Gasteiger partial charge in [-0.3, -0.25) is 4.79 Å². The fraction of sp³-hybridized carbons (Fsp3) is 0.174. The third-order valence-electron chi connectivity index (χ3n) is 5.11. The standard InChI is InChI=1S/C23H19F2NO3/c1-14-23(22(28)9-4-15-11-16(24)5-7-20(15)25)19-12-17(27)6-8-21(19)26(14)13-18-3-2-10-29-18/h2-3,5-8,10-12,27H,4,9,13H2,1H3. The predicted octanol–water partition coefficient (Wildman–Crippen LogP) is 5.39. The molecule has 4 rings (SSSR count). The van der Waals surface area contributed by atoms with Crippen molar-refractivity contribution in [2.75, 3.05) is 0 Å². The molecule has 0 aliphatic carbocycles. The summed E-state index contributed by atoms with van der Waals surface area (Å²) in [5.74, 6) is -0.476. The Morgan fingerprint density at radius 1 is 1.14 bits per heavy atom. The maximum absolute atomic E-state index is 13.9. The molecule has 6 heteroatoms. The van der Waals surface area contributed by atoms with Gasteiger partial charge in [0, 0.05) is 28.6 Å². The number of furan rings is 1. The lowest BCUT2D eigenvalue weighted by Crippen LogP contribution is -2.06. The first-order valence-electron chi connectivity index (χ1n) is 9.25. The van der Waals surface area contributed by atoms with E-state index in [-0.39, 0.29) is 29.9 Å². The second-order valence-electron chi connectivity index (χ2n) is 6.99. The van der Waals surface area contributed by atoms with Gasteiger partial charge in [-0.25, -0.2) is 8.78 Å². The van der Waals surface area contributed by atoms with E-state index in [1.165, 1.54) is 0 Å². The Kier molecular flexibility index (Phi) is 4.92. The molecule has 4 aromatic rings. The van der Waals surface area contributed by atoms with Crippen molar-refractivity contribution in [3.63, 3.8) is 0 Å². The van der Waals surface area contributed by atoms with Crippen LogP contribution in [-0.2, 0) is 13.0 Å². The van der Waals surface area contributed by atoms with E-state index in [9.17, 15) is 18.7 Å². The Balaban J connectivity index is 1.70. The van der Waals surface area contributed by atoms with Crippen LogP contribution in [0.3, 0.4) is 0 Å². The maximum Gasteiger partial charge on any atom is 0.165 e. The van der Waals surface area contributed by atoms with Crippen molar-refractivity contribution < 1.29 is 23.1 Å². The molecule has 2 aromatic heterocycles. The molecule has 4 nitrogen and oxygen atoms in total. The molecule has 29 heavy (non-hydrogen) atoms. The Labute approximate surface area is 166 Å². The molecule has 0 unspecified atom stereocenters. The van der Waals surface area contributed by atoms with Crippen molar-refractivity contribution in [3.05, 3.63) is 89.0 Å². The van der Waals surface area contributed by atoms with E-state index in [4.69, 9.17) is 4.42 Å². The monoisotopic (exact) mass is 395 g/mol. The number of Topliss-reactive ketones (excluding diaryl/α,β-unsaturated/α-hetero) is 1. The zero-order valence-corrected chi connectivity index (χ0v) is 15.8. The maximum atomic E-state index is 13.9. The highest BCUT2D eigenvalue weighted by Crippen LogP contribution is 2.31. The molecular formula is C23H19F2NO3. The summed E-state index contributed by atoms with van der Waals surface area (Å²) in [5, 5.41) is 10.6. The number of hydrogen-bond donors (Lipinski definition) is 1. The number of ketones is 1. The van der Waals surface area contributed by atoms with Crippen LogP contribution in [0.1, 0.15) is 33.8 Å². The minimum atomic E-state index is -0.537. The average molecular weight is 395 g/mol. The van der Waals surface area contributed by atoms with Crippen LogP contribution in [0.25, 0.3) is 10.9 Å². The summed E-state index contributed by atoms with van der Waals surface area (Å²) in [6.45, 7) is 2.27. The van der Waals surface area contributed by atoms with Crippen LogP contribution < -0.4 is 0 Å². The van der Waals surface area contributed by atoms with Crippen LogP contribution in [0.4, 0.5) is 8.78 Å². The van der Waals surface area contributed by atoms with Crippen molar-refractivity contribution in [2.45, 2.75) is 26.3 Å². The summed E-state index contributed by atoms with van der Waals surface area (Å²) >= 11 is 0. The third kappa shape index (κ3) is 3.66. The van der Waals surface area contributed by atoms with Gasteiger partial charge in [-0.15, -0.1) is 0 Å². The van der Waals surface area contributed by atoms with E-state index in [1.807, 2.05) is 17.6 Å². The number of nitrogens with zero attached hydrogens (tertiary/aromatic N) is 1. The predicted molar refractivity (Wildman–Crippen MR) is 105 cm³/mol. The van der Waals surface area contributed by atoms with Gasteiger partial charge < -0.3 is 14.1 Å². The van der Waals surface area contributed by atoms with Crippen molar-refractivity contribution in [1.29, 1.82) is 0 Å². The number of phenolic OH excluding ortho intramolecular Hbond substituents is 1. The van der Waals surface area contributed by atoms with E-state index in [1.54, 1.807) is 30.5 Å². The summed E-state index contributed by atoms with van der Waals surface area (Å²) in [4.78, 5) is 13.0. The van der Waals surface area contributed by atoms with Gasteiger partial charge in [-0.1, -0.05) is 0 Å². The van der Waals surface area contributed by atoms with Crippen molar-refractivity contribution in [1.82, 2.24) is 4.57 Å². The molecule has 0 bridgehead atoms. The van der Waals surface area contributed by atoms with Gasteiger partial charge in [0.05, 0.1) is 12.8 Å². The number of benzene rings is 2. The van der Waals surface area contributed by atoms with E-state index in [0.29, 0.717) is 17.5 Å². The molecule has 0 saturated carbocycles. The molecule has 148 valence electrons. The number of phenols is 1. The molecule has 0 saturated heterocycles. The normalized spacial score (nSPS) is 11.3. The highest BCUT2D eigenvalue weighted by Gasteiger charge is 2.21. The smallest absolute Gasteiger partial charge is 0.165 e. The topological polar surface area (TPSA) is 55.4 Å². The Hall–Kier alpha value is -3.41. The number of carbonyl (C=O) groups excluding carboxylic acids is 1.